The highest BCUT2D eigenvalue weighted by molar-refractivity contribution is 5.80. The van der Waals surface area contributed by atoms with Gasteiger partial charge in [-0.2, -0.15) is 13.2 Å². The van der Waals surface area contributed by atoms with Crippen LogP contribution in [-0.4, -0.2) is 50.7 Å². The maximum atomic E-state index is 13.3. The Bertz CT molecular complexity index is 699. The highest BCUT2D eigenvalue weighted by Gasteiger charge is 2.34. The Kier molecular flexibility index (Phi) is 7.53. The highest BCUT2D eigenvalue weighted by atomic mass is 19.4. The minimum atomic E-state index is -4.48. The van der Waals surface area contributed by atoms with Crippen molar-refractivity contribution in [3.05, 3.63) is 29.3 Å². The molecule has 0 spiro atoms. The van der Waals surface area contributed by atoms with Crippen LogP contribution in [0, 0.1) is 5.92 Å². The first-order valence-corrected chi connectivity index (χ1v) is 9.16. The number of piperidine rings is 1. The van der Waals surface area contributed by atoms with Gasteiger partial charge in [0.15, 0.2) is 5.96 Å². The Morgan fingerprint density at radius 2 is 2.00 bits per heavy atom. The number of benzene rings is 1. The minimum Gasteiger partial charge on any atom is -0.497 e. The molecule has 0 aromatic heterocycles. The molecule has 1 fully saturated rings. The van der Waals surface area contributed by atoms with Crippen molar-refractivity contribution in [3.63, 3.8) is 0 Å². The molecule has 9 heteroatoms. The van der Waals surface area contributed by atoms with Crippen LogP contribution in [0.3, 0.4) is 0 Å². The van der Waals surface area contributed by atoms with Gasteiger partial charge < -0.3 is 19.7 Å². The van der Waals surface area contributed by atoms with E-state index in [9.17, 15) is 18.0 Å². The Hall–Kier alpha value is -2.45. The number of nitrogens with one attached hydrogen (secondary N) is 1. The third-order valence-electron chi connectivity index (χ3n) is 4.69. The zero-order valence-corrected chi connectivity index (χ0v) is 16.3. The first kappa shape index (κ1) is 21.8. The lowest BCUT2D eigenvalue weighted by Crippen LogP contribution is -2.46. The number of nitrogens with zero attached hydrogens (tertiary/aromatic N) is 2. The van der Waals surface area contributed by atoms with Crippen LogP contribution in [0.1, 0.15) is 30.9 Å². The van der Waals surface area contributed by atoms with Crippen molar-refractivity contribution in [2.75, 3.05) is 33.9 Å². The van der Waals surface area contributed by atoms with Crippen LogP contribution < -0.4 is 10.1 Å². The molecule has 0 amide bonds. The minimum absolute atomic E-state index is 0.0245. The smallest absolute Gasteiger partial charge is 0.416 e. The van der Waals surface area contributed by atoms with Crippen molar-refractivity contribution in [2.24, 2.45) is 10.9 Å². The van der Waals surface area contributed by atoms with Gasteiger partial charge in [-0.3, -0.25) is 9.79 Å². The van der Waals surface area contributed by atoms with Crippen molar-refractivity contribution in [1.82, 2.24) is 10.2 Å². The van der Waals surface area contributed by atoms with Gasteiger partial charge in [-0.15, -0.1) is 0 Å². The number of methoxy groups -OCH3 is 1. The van der Waals surface area contributed by atoms with E-state index in [1.54, 1.807) is 14.0 Å². The van der Waals surface area contributed by atoms with Crippen LogP contribution in [0.5, 0.6) is 5.75 Å². The van der Waals surface area contributed by atoms with E-state index in [2.05, 4.69) is 10.3 Å². The second-order valence-corrected chi connectivity index (χ2v) is 6.43. The summed E-state index contributed by atoms with van der Waals surface area (Å²) in [4.78, 5) is 17.9. The van der Waals surface area contributed by atoms with Crippen molar-refractivity contribution in [2.45, 2.75) is 32.5 Å². The molecule has 0 unspecified atom stereocenters. The molecule has 1 aliphatic rings. The Balaban J connectivity index is 2.01. The van der Waals surface area contributed by atoms with Crippen molar-refractivity contribution >= 4 is 11.9 Å². The van der Waals surface area contributed by atoms with E-state index in [1.807, 2.05) is 4.90 Å². The number of hydrogen-bond donors (Lipinski definition) is 1. The molecule has 28 heavy (non-hydrogen) atoms. The van der Waals surface area contributed by atoms with E-state index in [0.717, 1.165) is 6.07 Å². The van der Waals surface area contributed by atoms with Crippen LogP contribution in [0.4, 0.5) is 13.2 Å². The molecule has 1 heterocycles. The number of guanidine groups is 1. The zero-order valence-electron chi connectivity index (χ0n) is 16.3. The molecule has 6 nitrogen and oxygen atoms in total. The lowest BCUT2D eigenvalue weighted by Gasteiger charge is -2.33. The molecule has 0 atom stereocenters. The summed E-state index contributed by atoms with van der Waals surface area (Å²) in [5.41, 5.74) is -0.633. The molecule has 1 saturated heterocycles. The molecule has 1 aromatic rings. The third-order valence-corrected chi connectivity index (χ3v) is 4.69. The van der Waals surface area contributed by atoms with Gasteiger partial charge in [0, 0.05) is 26.7 Å². The number of halogens is 3. The molecule has 2 rings (SSSR count). The molecule has 156 valence electrons. The molecule has 0 saturated carbocycles. The Labute approximate surface area is 162 Å². The number of hydrogen-bond acceptors (Lipinski definition) is 4. The van der Waals surface area contributed by atoms with E-state index in [4.69, 9.17) is 9.47 Å². The Morgan fingerprint density at radius 3 is 2.54 bits per heavy atom. The molecular weight excluding hydrogens is 375 g/mol. The molecule has 0 aliphatic carbocycles. The molecule has 0 bridgehead atoms. The first-order valence-electron chi connectivity index (χ1n) is 9.16. The Morgan fingerprint density at radius 1 is 1.32 bits per heavy atom. The van der Waals surface area contributed by atoms with Gasteiger partial charge in [-0.05, 0) is 37.5 Å². The summed E-state index contributed by atoms with van der Waals surface area (Å²) < 4.78 is 50.0. The monoisotopic (exact) mass is 401 g/mol. The second kappa shape index (κ2) is 9.66. The summed E-state index contributed by atoms with van der Waals surface area (Å²) in [6, 6.07) is 3.89. The number of rotatable bonds is 5. The first-order chi connectivity index (χ1) is 13.3. The maximum Gasteiger partial charge on any atom is 0.416 e. The number of aliphatic imine (C=N–C) groups is 1. The largest absolute Gasteiger partial charge is 0.497 e. The summed E-state index contributed by atoms with van der Waals surface area (Å²) >= 11 is 0. The topological polar surface area (TPSA) is 63.2 Å². The van der Waals surface area contributed by atoms with Crippen molar-refractivity contribution in [1.29, 1.82) is 0 Å². The number of carbonyl (C=O) groups excluding carboxylic acids is 1. The fraction of sp³-hybridized carbons (Fsp3) is 0.579. The summed E-state index contributed by atoms with van der Waals surface area (Å²) in [5, 5.41) is 2.99. The molecule has 1 aliphatic heterocycles. The number of likely N-dealkylation sites (tertiary alicyclic amines) is 1. The van der Waals surface area contributed by atoms with E-state index in [0.29, 0.717) is 38.5 Å². The van der Waals surface area contributed by atoms with E-state index in [1.165, 1.54) is 19.2 Å². The third kappa shape index (κ3) is 5.53. The van der Waals surface area contributed by atoms with E-state index < -0.39 is 11.7 Å². The van der Waals surface area contributed by atoms with E-state index in [-0.39, 0.29) is 29.7 Å². The maximum absolute atomic E-state index is 13.3. The van der Waals surface area contributed by atoms with Gasteiger partial charge in [0.25, 0.3) is 0 Å². The van der Waals surface area contributed by atoms with Gasteiger partial charge in [0.2, 0.25) is 0 Å². The predicted molar refractivity (Wildman–Crippen MR) is 99.1 cm³/mol. The summed E-state index contributed by atoms with van der Waals surface area (Å²) in [7, 11) is 2.91. The lowest BCUT2D eigenvalue weighted by atomic mass is 9.97. The van der Waals surface area contributed by atoms with Crippen LogP contribution in [0.15, 0.2) is 23.2 Å². The van der Waals surface area contributed by atoms with Crippen LogP contribution in [0.25, 0.3) is 0 Å². The zero-order chi connectivity index (χ0) is 20.7. The average molecular weight is 401 g/mol. The second-order valence-electron chi connectivity index (χ2n) is 6.43. The van der Waals surface area contributed by atoms with Gasteiger partial charge in [0.1, 0.15) is 5.75 Å². The molecule has 1 N–H and O–H groups in total. The van der Waals surface area contributed by atoms with Gasteiger partial charge in [-0.25, -0.2) is 0 Å². The van der Waals surface area contributed by atoms with Gasteiger partial charge in [-0.1, -0.05) is 6.07 Å². The van der Waals surface area contributed by atoms with E-state index >= 15 is 0 Å². The van der Waals surface area contributed by atoms with Gasteiger partial charge in [0.05, 0.1) is 25.2 Å². The fourth-order valence-corrected chi connectivity index (χ4v) is 3.19. The number of ether oxygens (including phenoxy) is 2. The van der Waals surface area contributed by atoms with Crippen molar-refractivity contribution in [3.8, 4) is 5.75 Å². The standard InChI is InChI=1S/C19H26F3N3O3/c1-4-28-17(26)13-7-9-25(10-8-13)18(23-2)24-12-14-5-6-15(27-3)11-16(14)19(20,21)22/h5-6,11,13H,4,7-10,12H2,1-3H3,(H,23,24). The average Bonchev–Trinajstić information content (AvgIpc) is 2.68. The quantitative estimate of drug-likeness (QED) is 0.467. The van der Waals surface area contributed by atoms with Crippen molar-refractivity contribution < 1.29 is 27.4 Å². The van der Waals surface area contributed by atoms with Crippen LogP contribution in [0.2, 0.25) is 0 Å². The number of esters is 1. The van der Waals surface area contributed by atoms with Crippen LogP contribution in [-0.2, 0) is 22.3 Å². The number of carbonyl (C=O) groups is 1. The number of alkyl halides is 3. The predicted octanol–water partition coefficient (Wildman–Crippen LogP) is 3.06. The molecular formula is C19H26F3N3O3. The fourth-order valence-electron chi connectivity index (χ4n) is 3.19. The van der Waals surface area contributed by atoms with Crippen LogP contribution >= 0.6 is 0 Å². The summed E-state index contributed by atoms with van der Waals surface area (Å²) in [5.74, 6) is 0.318. The summed E-state index contributed by atoms with van der Waals surface area (Å²) in [6.07, 6.45) is -3.24. The lowest BCUT2D eigenvalue weighted by molar-refractivity contribution is -0.149. The highest BCUT2D eigenvalue weighted by Crippen LogP contribution is 2.34. The normalized spacial score (nSPS) is 16.1. The summed E-state index contributed by atoms with van der Waals surface area (Å²) in [6.45, 7) is 3.26. The molecule has 1 aromatic carbocycles. The van der Waals surface area contributed by atoms with Gasteiger partial charge >= 0.3 is 12.1 Å². The SMILES string of the molecule is CCOC(=O)C1CCN(C(=NC)NCc2ccc(OC)cc2C(F)(F)F)CC1. The molecule has 0 radical (unpaired) electrons.